The molecule has 0 aromatic heterocycles. The molecule has 2 aromatic rings. The van der Waals surface area contributed by atoms with Crippen LogP contribution < -0.4 is 10.1 Å². The number of carbonyl (C=O) groups is 2. The molecule has 11 heteroatoms. The second kappa shape index (κ2) is 10.9. The first kappa shape index (κ1) is 24.7. The van der Waals surface area contributed by atoms with Gasteiger partial charge < -0.3 is 14.8 Å². The summed E-state index contributed by atoms with van der Waals surface area (Å²) in [6.07, 6.45) is 1.68. The zero-order valence-corrected chi connectivity index (χ0v) is 20.2. The summed E-state index contributed by atoms with van der Waals surface area (Å²) in [5.41, 5.74) is 1.98. The molecule has 2 heterocycles. The lowest BCUT2D eigenvalue weighted by atomic mass is 10.2. The topological polar surface area (TPSA) is 123 Å². The van der Waals surface area contributed by atoms with Gasteiger partial charge in [0.25, 0.3) is 5.69 Å². The Labute approximate surface area is 206 Å². The van der Waals surface area contributed by atoms with E-state index in [0.29, 0.717) is 24.0 Å². The zero-order valence-electron chi connectivity index (χ0n) is 19.4. The van der Waals surface area contributed by atoms with Gasteiger partial charge in [-0.3, -0.25) is 24.6 Å². The van der Waals surface area contributed by atoms with E-state index in [-0.39, 0.29) is 29.9 Å². The first-order chi connectivity index (χ1) is 16.8. The Balaban J connectivity index is 1.50. The number of amides is 2. The summed E-state index contributed by atoms with van der Waals surface area (Å²) < 4.78 is 10.9. The van der Waals surface area contributed by atoms with Crippen LogP contribution in [0.3, 0.4) is 0 Å². The van der Waals surface area contributed by atoms with Gasteiger partial charge in [-0.15, -0.1) is 0 Å². The number of aliphatic imine (C=N–C) groups is 1. The Morgan fingerprint density at radius 1 is 1.31 bits per heavy atom. The quantitative estimate of drug-likeness (QED) is 0.430. The molecule has 2 atom stereocenters. The molecule has 2 aliphatic heterocycles. The summed E-state index contributed by atoms with van der Waals surface area (Å²) in [7, 11) is 1.36. The Bertz CT molecular complexity index is 1150. The molecule has 2 fully saturated rings. The highest BCUT2D eigenvalue weighted by atomic mass is 32.2. The third-order valence-corrected chi connectivity index (χ3v) is 6.91. The third-order valence-electron chi connectivity index (χ3n) is 5.73. The number of amidine groups is 1. The van der Waals surface area contributed by atoms with Crippen LogP contribution in [0.25, 0.3) is 0 Å². The average Bonchev–Trinajstić information content (AvgIpc) is 3.45. The molecule has 2 unspecified atom stereocenters. The second-order valence-corrected chi connectivity index (χ2v) is 9.48. The number of rotatable bonds is 8. The third kappa shape index (κ3) is 5.98. The van der Waals surface area contributed by atoms with Gasteiger partial charge in [-0.2, -0.15) is 0 Å². The number of nitrogens with one attached hydrogen (secondary N) is 1. The number of carbonyl (C=O) groups excluding carboxylic acids is 2. The van der Waals surface area contributed by atoms with Crippen molar-refractivity contribution in [3.63, 3.8) is 0 Å². The van der Waals surface area contributed by atoms with E-state index in [1.165, 1.54) is 37.1 Å². The van der Waals surface area contributed by atoms with Crippen LogP contribution in [-0.4, -0.2) is 58.4 Å². The number of hydrogen-bond donors (Lipinski definition) is 1. The number of nitro benzene ring substituents is 1. The minimum Gasteiger partial charge on any atom is -0.494 e. The number of aryl methyl sites for hydroxylation is 1. The number of anilines is 1. The molecule has 0 radical (unpaired) electrons. The van der Waals surface area contributed by atoms with E-state index in [1.54, 1.807) is 4.90 Å². The minimum atomic E-state index is -0.648. The van der Waals surface area contributed by atoms with Crippen LogP contribution in [0, 0.1) is 17.0 Å². The first-order valence-electron chi connectivity index (χ1n) is 11.2. The summed E-state index contributed by atoms with van der Waals surface area (Å²) in [5.74, 6) is -0.432. The molecular formula is C24H26N4O6S. The maximum Gasteiger partial charge on any atom is 0.273 e. The van der Waals surface area contributed by atoms with Gasteiger partial charge in [0.1, 0.15) is 11.0 Å². The van der Waals surface area contributed by atoms with Crippen molar-refractivity contribution < 1.29 is 24.0 Å². The lowest BCUT2D eigenvalue weighted by Crippen LogP contribution is -2.38. The number of benzene rings is 2. The molecule has 4 rings (SSSR count). The van der Waals surface area contributed by atoms with Gasteiger partial charge in [0.05, 0.1) is 42.1 Å². The highest BCUT2D eigenvalue weighted by molar-refractivity contribution is 8.15. The maximum atomic E-state index is 13.3. The van der Waals surface area contributed by atoms with Crippen LogP contribution in [-0.2, 0) is 14.3 Å². The van der Waals surface area contributed by atoms with E-state index in [4.69, 9.17) is 9.47 Å². The van der Waals surface area contributed by atoms with E-state index in [9.17, 15) is 19.7 Å². The van der Waals surface area contributed by atoms with Crippen molar-refractivity contribution >= 4 is 45.8 Å². The lowest BCUT2D eigenvalue weighted by molar-refractivity contribution is -0.384. The van der Waals surface area contributed by atoms with Crippen molar-refractivity contribution in [2.75, 3.05) is 25.6 Å². The molecule has 1 N–H and O–H groups in total. The summed E-state index contributed by atoms with van der Waals surface area (Å²) in [4.78, 5) is 42.8. The van der Waals surface area contributed by atoms with Gasteiger partial charge in [0.15, 0.2) is 5.17 Å². The lowest BCUT2D eigenvalue weighted by Gasteiger charge is -2.20. The van der Waals surface area contributed by atoms with Crippen molar-refractivity contribution in [3.05, 3.63) is 58.1 Å². The van der Waals surface area contributed by atoms with E-state index in [2.05, 4.69) is 10.3 Å². The standard InChI is InChI=1S/C24H26N4O6S/c1-15-5-7-16(8-6-15)25-24-27(14-18-4-3-11-34-18)23(30)21(35-24)13-22(29)26-19-10-9-17(28(31)32)12-20(19)33-2/h5-10,12,18,21H,3-4,11,13-14H2,1-2H3,(H,26,29). The Morgan fingerprint density at radius 3 is 2.74 bits per heavy atom. The smallest absolute Gasteiger partial charge is 0.273 e. The van der Waals surface area contributed by atoms with Gasteiger partial charge >= 0.3 is 0 Å². The molecule has 2 saturated heterocycles. The number of thioether (sulfide) groups is 1. The maximum absolute atomic E-state index is 13.3. The van der Waals surface area contributed by atoms with Crippen LogP contribution in [0.15, 0.2) is 47.5 Å². The van der Waals surface area contributed by atoms with Crippen LogP contribution in [0.4, 0.5) is 17.1 Å². The van der Waals surface area contributed by atoms with Gasteiger partial charge in [0.2, 0.25) is 11.8 Å². The number of methoxy groups -OCH3 is 1. The molecular weight excluding hydrogens is 472 g/mol. The van der Waals surface area contributed by atoms with Crippen molar-refractivity contribution in [1.29, 1.82) is 0 Å². The molecule has 2 aromatic carbocycles. The Kier molecular flexibility index (Phi) is 7.67. The average molecular weight is 499 g/mol. The summed E-state index contributed by atoms with van der Waals surface area (Å²) in [6, 6.07) is 11.6. The number of ether oxygens (including phenoxy) is 2. The fraction of sp³-hybridized carbons (Fsp3) is 0.375. The van der Waals surface area contributed by atoms with Gasteiger partial charge in [-0.1, -0.05) is 29.5 Å². The largest absolute Gasteiger partial charge is 0.494 e. The molecule has 0 spiro atoms. The van der Waals surface area contributed by atoms with Crippen LogP contribution in [0.5, 0.6) is 5.75 Å². The number of nitrogens with zero attached hydrogens (tertiary/aromatic N) is 3. The van der Waals surface area contributed by atoms with Crippen LogP contribution in [0.2, 0.25) is 0 Å². The fourth-order valence-electron chi connectivity index (χ4n) is 3.88. The van der Waals surface area contributed by atoms with Crippen LogP contribution >= 0.6 is 11.8 Å². The monoisotopic (exact) mass is 498 g/mol. The van der Waals surface area contributed by atoms with Gasteiger partial charge in [-0.25, -0.2) is 4.99 Å². The summed E-state index contributed by atoms with van der Waals surface area (Å²) in [5, 5.41) is 13.6. The second-order valence-electron chi connectivity index (χ2n) is 8.31. The minimum absolute atomic E-state index is 0.0558. The molecule has 2 aliphatic rings. The fourth-order valence-corrected chi connectivity index (χ4v) is 5.05. The SMILES string of the molecule is COc1cc([N+](=O)[O-])ccc1NC(=O)CC1SC(=Nc2ccc(C)cc2)N(CC2CCCO2)C1=O. The highest BCUT2D eigenvalue weighted by Crippen LogP contribution is 2.34. The molecule has 0 saturated carbocycles. The molecule has 0 aliphatic carbocycles. The summed E-state index contributed by atoms with van der Waals surface area (Å²) in [6.45, 7) is 3.06. The predicted octanol–water partition coefficient (Wildman–Crippen LogP) is 4.05. The van der Waals surface area contributed by atoms with E-state index in [0.717, 1.165) is 24.1 Å². The predicted molar refractivity (Wildman–Crippen MR) is 133 cm³/mol. The summed E-state index contributed by atoms with van der Waals surface area (Å²) >= 11 is 1.25. The normalized spacial score (nSPS) is 20.9. The molecule has 35 heavy (non-hydrogen) atoms. The number of nitro groups is 1. The zero-order chi connectivity index (χ0) is 24.9. The van der Waals surface area contributed by atoms with E-state index < -0.39 is 16.1 Å². The van der Waals surface area contributed by atoms with E-state index >= 15 is 0 Å². The van der Waals surface area contributed by atoms with Crippen molar-refractivity contribution in [2.45, 2.75) is 37.5 Å². The van der Waals surface area contributed by atoms with Gasteiger partial charge in [0, 0.05) is 19.1 Å². The number of hydrogen-bond acceptors (Lipinski definition) is 8. The Hall–Kier alpha value is -3.44. The highest BCUT2D eigenvalue weighted by Gasteiger charge is 2.40. The molecule has 10 nitrogen and oxygen atoms in total. The molecule has 184 valence electrons. The van der Waals surface area contributed by atoms with E-state index in [1.807, 2.05) is 31.2 Å². The van der Waals surface area contributed by atoms with Crippen molar-refractivity contribution in [2.24, 2.45) is 4.99 Å². The van der Waals surface area contributed by atoms with Crippen molar-refractivity contribution in [1.82, 2.24) is 4.90 Å². The number of non-ortho nitro benzene ring substituents is 1. The molecule has 2 amide bonds. The van der Waals surface area contributed by atoms with Crippen LogP contribution in [0.1, 0.15) is 24.8 Å². The first-order valence-corrected chi connectivity index (χ1v) is 12.1. The van der Waals surface area contributed by atoms with Gasteiger partial charge in [-0.05, 0) is 38.0 Å². The molecule has 0 bridgehead atoms. The Morgan fingerprint density at radius 2 is 2.09 bits per heavy atom. The van der Waals surface area contributed by atoms with Crippen molar-refractivity contribution in [3.8, 4) is 5.75 Å².